The van der Waals surface area contributed by atoms with Crippen LogP contribution in [-0.2, 0) is 9.59 Å². The van der Waals surface area contributed by atoms with Crippen molar-refractivity contribution in [2.45, 2.75) is 26.0 Å². The van der Waals surface area contributed by atoms with Crippen LogP contribution in [0.25, 0.3) is 0 Å². The Kier molecular flexibility index (Phi) is 5.63. The third-order valence-corrected chi connectivity index (χ3v) is 4.13. The standard InChI is InChI=1S/C17H20N2O5S/c1-8-14(9(2)20)15(19-17(25)18-8)11-5-6-12(13(7-11)23-4)24-10(3)16(21)22/h5-7,10,14-15H,1H2,2-4H3,(H,21,22)(H2,18,19,25)/t10-,14+,15-/m1/s1. The van der Waals surface area contributed by atoms with Crippen LogP contribution < -0.4 is 20.1 Å². The molecule has 1 aromatic rings. The zero-order valence-corrected chi connectivity index (χ0v) is 15.0. The Morgan fingerprint density at radius 3 is 2.60 bits per heavy atom. The van der Waals surface area contributed by atoms with Crippen molar-refractivity contribution in [2.75, 3.05) is 7.11 Å². The summed E-state index contributed by atoms with van der Waals surface area (Å²) in [5, 5.41) is 15.3. The second kappa shape index (κ2) is 7.52. The van der Waals surface area contributed by atoms with Gasteiger partial charge in [-0.05, 0) is 43.8 Å². The second-order valence-electron chi connectivity index (χ2n) is 5.70. The molecule has 0 aliphatic carbocycles. The van der Waals surface area contributed by atoms with Crippen LogP contribution >= 0.6 is 12.2 Å². The van der Waals surface area contributed by atoms with E-state index in [2.05, 4.69) is 17.2 Å². The number of carbonyl (C=O) groups is 2. The Balaban J connectivity index is 2.37. The van der Waals surface area contributed by atoms with Crippen molar-refractivity contribution >= 4 is 29.1 Å². The smallest absolute Gasteiger partial charge is 0.344 e. The van der Waals surface area contributed by atoms with Gasteiger partial charge in [0.15, 0.2) is 22.7 Å². The fraction of sp³-hybridized carbons (Fsp3) is 0.353. The first kappa shape index (κ1) is 18.7. The minimum Gasteiger partial charge on any atom is -0.493 e. The van der Waals surface area contributed by atoms with Crippen LogP contribution in [-0.4, -0.2) is 35.2 Å². The zero-order chi connectivity index (χ0) is 18.7. The number of benzene rings is 1. The Labute approximate surface area is 151 Å². The number of methoxy groups -OCH3 is 1. The summed E-state index contributed by atoms with van der Waals surface area (Å²) in [6, 6.07) is 4.64. The first-order valence-electron chi connectivity index (χ1n) is 7.58. The van der Waals surface area contributed by atoms with Crippen LogP contribution in [0.5, 0.6) is 11.5 Å². The van der Waals surface area contributed by atoms with Crippen LogP contribution in [0, 0.1) is 5.92 Å². The van der Waals surface area contributed by atoms with Gasteiger partial charge in [-0.2, -0.15) is 0 Å². The summed E-state index contributed by atoms with van der Waals surface area (Å²) in [6.07, 6.45) is -1.02. The first-order valence-corrected chi connectivity index (χ1v) is 7.99. The molecule has 134 valence electrons. The van der Waals surface area contributed by atoms with E-state index in [1.165, 1.54) is 21.0 Å². The molecule has 3 atom stereocenters. The molecular weight excluding hydrogens is 344 g/mol. The number of rotatable bonds is 6. The summed E-state index contributed by atoms with van der Waals surface area (Å²) in [6.45, 7) is 6.80. The fourth-order valence-corrected chi connectivity index (χ4v) is 2.92. The normalized spacial score (nSPS) is 20.9. The Morgan fingerprint density at radius 2 is 2.04 bits per heavy atom. The number of ketones is 1. The number of hydrogen-bond acceptors (Lipinski definition) is 5. The second-order valence-corrected chi connectivity index (χ2v) is 6.11. The molecule has 1 aliphatic heterocycles. The quantitative estimate of drug-likeness (QED) is 0.658. The van der Waals surface area contributed by atoms with Crippen molar-refractivity contribution in [1.29, 1.82) is 0 Å². The van der Waals surface area contributed by atoms with Gasteiger partial charge in [-0.25, -0.2) is 4.79 Å². The maximum atomic E-state index is 12.0. The molecule has 1 aromatic carbocycles. The van der Waals surface area contributed by atoms with Gasteiger partial charge in [0.1, 0.15) is 5.78 Å². The van der Waals surface area contributed by atoms with E-state index in [1.54, 1.807) is 18.2 Å². The molecule has 1 heterocycles. The average molecular weight is 364 g/mol. The number of hydrogen-bond donors (Lipinski definition) is 3. The van der Waals surface area contributed by atoms with E-state index >= 15 is 0 Å². The molecule has 0 saturated carbocycles. The Bertz CT molecular complexity index is 734. The molecule has 1 saturated heterocycles. The summed E-state index contributed by atoms with van der Waals surface area (Å²) in [7, 11) is 1.46. The molecular formula is C17H20N2O5S. The van der Waals surface area contributed by atoms with E-state index in [-0.39, 0.29) is 5.78 Å². The van der Waals surface area contributed by atoms with Crippen molar-refractivity contribution in [3.8, 4) is 11.5 Å². The Hall–Kier alpha value is -2.61. The van der Waals surface area contributed by atoms with Crippen LogP contribution in [0.3, 0.4) is 0 Å². The SMILES string of the molecule is C=C1NC(=S)N[C@H](c2ccc(O[C@H](C)C(=O)O)c(OC)c2)[C@@H]1C(C)=O. The molecule has 0 spiro atoms. The molecule has 2 rings (SSSR count). The lowest BCUT2D eigenvalue weighted by Crippen LogP contribution is -2.50. The minimum atomic E-state index is -1.08. The number of carboxylic acids is 1. The van der Waals surface area contributed by atoms with Crippen molar-refractivity contribution in [2.24, 2.45) is 5.92 Å². The highest BCUT2D eigenvalue weighted by Gasteiger charge is 2.34. The topological polar surface area (TPSA) is 96.9 Å². The maximum Gasteiger partial charge on any atom is 0.344 e. The molecule has 1 fully saturated rings. The molecule has 0 unspecified atom stereocenters. The van der Waals surface area contributed by atoms with Gasteiger partial charge < -0.3 is 25.2 Å². The van der Waals surface area contributed by atoms with E-state index in [9.17, 15) is 9.59 Å². The van der Waals surface area contributed by atoms with Gasteiger partial charge in [0, 0.05) is 5.70 Å². The van der Waals surface area contributed by atoms with E-state index in [1.807, 2.05) is 0 Å². The van der Waals surface area contributed by atoms with Gasteiger partial charge in [-0.3, -0.25) is 4.79 Å². The Morgan fingerprint density at radius 1 is 1.36 bits per heavy atom. The molecule has 0 aromatic heterocycles. The van der Waals surface area contributed by atoms with Gasteiger partial charge >= 0.3 is 5.97 Å². The number of carbonyl (C=O) groups excluding carboxylic acids is 1. The third-order valence-electron chi connectivity index (χ3n) is 3.91. The fourth-order valence-electron chi connectivity index (χ4n) is 2.66. The lowest BCUT2D eigenvalue weighted by Gasteiger charge is -2.35. The average Bonchev–Trinajstić information content (AvgIpc) is 2.53. The molecule has 0 bridgehead atoms. The van der Waals surface area contributed by atoms with Crippen molar-refractivity contribution < 1.29 is 24.2 Å². The summed E-state index contributed by atoms with van der Waals surface area (Å²) in [5.41, 5.74) is 1.28. The number of Topliss-reactive ketones (excluding diaryl/α,β-unsaturated/α-hetero) is 1. The molecule has 7 nitrogen and oxygen atoms in total. The van der Waals surface area contributed by atoms with E-state index < -0.39 is 24.0 Å². The summed E-state index contributed by atoms with van der Waals surface area (Å²) < 4.78 is 10.7. The van der Waals surface area contributed by atoms with Gasteiger partial charge in [-0.15, -0.1) is 0 Å². The van der Waals surface area contributed by atoms with E-state index in [0.29, 0.717) is 22.3 Å². The van der Waals surface area contributed by atoms with Gasteiger partial charge in [0.25, 0.3) is 0 Å². The van der Waals surface area contributed by atoms with Gasteiger partial charge in [0.05, 0.1) is 19.1 Å². The summed E-state index contributed by atoms with van der Waals surface area (Å²) in [5.74, 6) is -0.970. The monoisotopic (exact) mass is 364 g/mol. The molecule has 3 N–H and O–H groups in total. The molecule has 1 aliphatic rings. The highest BCUT2D eigenvalue weighted by molar-refractivity contribution is 7.80. The molecule has 0 amide bonds. The van der Waals surface area contributed by atoms with Crippen LogP contribution in [0.1, 0.15) is 25.5 Å². The van der Waals surface area contributed by atoms with E-state index in [0.717, 1.165) is 5.56 Å². The van der Waals surface area contributed by atoms with E-state index in [4.69, 9.17) is 26.8 Å². The minimum absolute atomic E-state index is 0.0590. The predicted molar refractivity (Wildman–Crippen MR) is 95.6 cm³/mol. The maximum absolute atomic E-state index is 12.0. The first-order chi connectivity index (χ1) is 11.7. The van der Waals surface area contributed by atoms with Gasteiger partial charge in [0.2, 0.25) is 0 Å². The third kappa shape index (κ3) is 4.08. The lowest BCUT2D eigenvalue weighted by atomic mass is 9.86. The molecule has 0 radical (unpaired) electrons. The number of ether oxygens (including phenoxy) is 2. The largest absolute Gasteiger partial charge is 0.493 e. The highest BCUT2D eigenvalue weighted by atomic mass is 32.1. The van der Waals surface area contributed by atoms with Crippen LogP contribution in [0.2, 0.25) is 0 Å². The number of aliphatic carboxylic acids is 1. The van der Waals surface area contributed by atoms with Crippen LogP contribution in [0.4, 0.5) is 0 Å². The molecule has 8 heteroatoms. The number of thiocarbonyl (C=S) groups is 1. The van der Waals surface area contributed by atoms with Crippen molar-refractivity contribution in [3.63, 3.8) is 0 Å². The number of carboxylic acid groups (broad SMARTS) is 1. The van der Waals surface area contributed by atoms with Gasteiger partial charge in [-0.1, -0.05) is 12.6 Å². The van der Waals surface area contributed by atoms with Crippen molar-refractivity contribution in [3.05, 3.63) is 36.0 Å². The van der Waals surface area contributed by atoms with Crippen molar-refractivity contribution in [1.82, 2.24) is 10.6 Å². The summed E-state index contributed by atoms with van der Waals surface area (Å²) >= 11 is 5.16. The van der Waals surface area contributed by atoms with Crippen LogP contribution in [0.15, 0.2) is 30.5 Å². The lowest BCUT2D eigenvalue weighted by molar-refractivity contribution is -0.144. The summed E-state index contributed by atoms with van der Waals surface area (Å²) in [4.78, 5) is 23.0. The molecule has 25 heavy (non-hydrogen) atoms. The predicted octanol–water partition coefficient (Wildman–Crippen LogP) is 1.78. The number of nitrogens with one attached hydrogen (secondary N) is 2. The highest BCUT2D eigenvalue weighted by Crippen LogP contribution is 2.36. The zero-order valence-electron chi connectivity index (χ0n) is 14.2.